The van der Waals surface area contributed by atoms with E-state index in [9.17, 15) is 10.1 Å². The van der Waals surface area contributed by atoms with E-state index >= 15 is 0 Å². The van der Waals surface area contributed by atoms with Gasteiger partial charge in [0.15, 0.2) is 5.82 Å². The molecule has 10 heteroatoms. The highest BCUT2D eigenvalue weighted by molar-refractivity contribution is 9.10. The van der Waals surface area contributed by atoms with Crippen LogP contribution in [0.1, 0.15) is 66.7 Å². The summed E-state index contributed by atoms with van der Waals surface area (Å²) in [5.41, 5.74) is 4.91. The SMILES string of the molecule is CN1CCC(CN2CCN(Cc3cccc(C(=O)NN(c4nc(C#N)ncc4Br)C4CCCCC4)c3)CC2)CC1. The molecule has 214 valence electrons. The third-order valence-electron chi connectivity index (χ3n) is 8.63. The van der Waals surface area contributed by atoms with Crippen LogP contribution in [0.15, 0.2) is 34.9 Å². The van der Waals surface area contributed by atoms with E-state index in [-0.39, 0.29) is 17.8 Å². The number of nitrogens with one attached hydrogen (secondary N) is 1. The molecule has 3 fully saturated rings. The Hall–Kier alpha value is -2.58. The molecule has 1 aromatic heterocycles. The lowest BCUT2D eigenvalue weighted by atomic mass is 9.95. The van der Waals surface area contributed by atoms with Crippen LogP contribution in [0.4, 0.5) is 5.82 Å². The van der Waals surface area contributed by atoms with Gasteiger partial charge in [0.25, 0.3) is 5.91 Å². The van der Waals surface area contributed by atoms with Crippen LogP contribution in [0.5, 0.6) is 0 Å². The first-order valence-corrected chi connectivity index (χ1v) is 15.5. The number of likely N-dealkylation sites (tertiary alicyclic amines) is 1. The molecule has 1 aromatic carbocycles. The van der Waals surface area contributed by atoms with E-state index in [4.69, 9.17) is 0 Å². The van der Waals surface area contributed by atoms with Crippen molar-refractivity contribution in [2.24, 2.45) is 5.92 Å². The summed E-state index contributed by atoms with van der Waals surface area (Å²) in [5, 5.41) is 11.2. The average molecular weight is 610 g/mol. The van der Waals surface area contributed by atoms with Gasteiger partial charge >= 0.3 is 0 Å². The third-order valence-corrected chi connectivity index (χ3v) is 9.19. The zero-order chi connectivity index (χ0) is 27.9. The molecule has 40 heavy (non-hydrogen) atoms. The zero-order valence-corrected chi connectivity index (χ0v) is 25.2. The van der Waals surface area contributed by atoms with Crippen molar-refractivity contribution in [3.05, 3.63) is 51.9 Å². The van der Waals surface area contributed by atoms with Crippen molar-refractivity contribution in [3.8, 4) is 6.07 Å². The molecular weight excluding hydrogens is 568 g/mol. The normalized spacial score (nSPS) is 20.2. The molecule has 2 saturated heterocycles. The van der Waals surface area contributed by atoms with Crippen molar-refractivity contribution in [2.75, 3.05) is 57.9 Å². The van der Waals surface area contributed by atoms with Crippen LogP contribution in [0.3, 0.4) is 0 Å². The number of anilines is 1. The predicted octanol–water partition coefficient (Wildman–Crippen LogP) is 4.05. The Labute approximate surface area is 246 Å². The lowest BCUT2D eigenvalue weighted by molar-refractivity contribution is 0.0938. The Bertz CT molecular complexity index is 1180. The van der Waals surface area contributed by atoms with Crippen molar-refractivity contribution in [1.29, 1.82) is 5.26 Å². The molecule has 0 atom stereocenters. The predicted molar refractivity (Wildman–Crippen MR) is 160 cm³/mol. The first-order valence-electron chi connectivity index (χ1n) is 14.7. The summed E-state index contributed by atoms with van der Waals surface area (Å²) in [6.45, 7) is 8.87. The second-order valence-corrected chi connectivity index (χ2v) is 12.5. The molecule has 2 aromatic rings. The van der Waals surface area contributed by atoms with Gasteiger partial charge in [0.05, 0.1) is 10.5 Å². The number of amides is 1. The van der Waals surface area contributed by atoms with Gasteiger partial charge in [-0.1, -0.05) is 31.4 Å². The van der Waals surface area contributed by atoms with Crippen LogP contribution in [-0.2, 0) is 6.54 Å². The molecule has 0 spiro atoms. The lowest BCUT2D eigenvalue weighted by Gasteiger charge is -2.38. The van der Waals surface area contributed by atoms with Crippen molar-refractivity contribution < 1.29 is 4.79 Å². The third kappa shape index (κ3) is 7.58. The summed E-state index contributed by atoms with van der Waals surface area (Å²) in [6.07, 6.45) is 9.54. The number of nitriles is 1. The molecule has 3 aliphatic rings. The van der Waals surface area contributed by atoms with E-state index < -0.39 is 0 Å². The molecule has 1 aliphatic carbocycles. The molecule has 0 unspecified atom stereocenters. The van der Waals surface area contributed by atoms with Crippen molar-refractivity contribution in [1.82, 2.24) is 30.1 Å². The highest BCUT2D eigenvalue weighted by Gasteiger charge is 2.27. The molecule has 0 bridgehead atoms. The number of rotatable bonds is 8. The van der Waals surface area contributed by atoms with Gasteiger partial charge in [0.2, 0.25) is 5.82 Å². The number of carbonyl (C=O) groups excluding carboxylic acids is 1. The van der Waals surface area contributed by atoms with E-state index in [1.807, 2.05) is 29.3 Å². The van der Waals surface area contributed by atoms with Crippen molar-refractivity contribution in [2.45, 2.75) is 57.5 Å². The first-order chi connectivity index (χ1) is 19.5. The number of piperidine rings is 1. The maximum Gasteiger partial charge on any atom is 0.269 e. The Kier molecular flexibility index (Phi) is 10.0. The van der Waals surface area contributed by atoms with Gasteiger partial charge in [-0.3, -0.25) is 20.1 Å². The van der Waals surface area contributed by atoms with Crippen molar-refractivity contribution in [3.63, 3.8) is 0 Å². The number of piperazine rings is 1. The Morgan fingerprint density at radius 3 is 2.52 bits per heavy atom. The number of hydrogen-bond acceptors (Lipinski definition) is 8. The van der Waals surface area contributed by atoms with Gasteiger partial charge in [0, 0.05) is 51.0 Å². The smallest absolute Gasteiger partial charge is 0.269 e. The summed E-state index contributed by atoms with van der Waals surface area (Å²) in [7, 11) is 2.23. The van der Waals surface area contributed by atoms with Crippen LogP contribution in [0.25, 0.3) is 0 Å². The minimum absolute atomic E-state index is 0.0849. The highest BCUT2D eigenvalue weighted by Crippen LogP contribution is 2.30. The molecule has 5 rings (SSSR count). The minimum atomic E-state index is -0.167. The van der Waals surface area contributed by atoms with Gasteiger partial charge in [0.1, 0.15) is 6.07 Å². The van der Waals surface area contributed by atoms with Crippen LogP contribution >= 0.6 is 15.9 Å². The molecule has 0 radical (unpaired) electrons. The fraction of sp³-hybridized carbons (Fsp3) is 0.600. The Balaban J connectivity index is 1.20. The lowest BCUT2D eigenvalue weighted by Crippen LogP contribution is -2.50. The summed E-state index contributed by atoms with van der Waals surface area (Å²) in [4.78, 5) is 29.6. The first kappa shape index (κ1) is 28.9. The molecule has 1 saturated carbocycles. The fourth-order valence-electron chi connectivity index (χ4n) is 6.22. The van der Waals surface area contributed by atoms with E-state index in [2.05, 4.69) is 59.1 Å². The average Bonchev–Trinajstić information content (AvgIpc) is 2.99. The van der Waals surface area contributed by atoms with Crippen LogP contribution < -0.4 is 10.4 Å². The minimum Gasteiger partial charge on any atom is -0.306 e. The largest absolute Gasteiger partial charge is 0.306 e. The maximum absolute atomic E-state index is 13.5. The standard InChI is InChI=1S/C30H41BrN8O/c1-36-12-10-23(11-13-36)21-37-14-16-38(17-15-37)22-24-6-5-7-25(18-24)30(40)35-39(26-8-3-2-4-9-26)29-27(31)20-33-28(19-32)34-29/h5-7,18,20,23,26H,2-4,8-17,21-22H2,1H3,(H,35,40). The maximum atomic E-state index is 13.5. The number of benzene rings is 1. The fourth-order valence-corrected chi connectivity index (χ4v) is 6.60. The number of carbonyl (C=O) groups is 1. The number of nitrogens with zero attached hydrogens (tertiary/aromatic N) is 7. The van der Waals surface area contributed by atoms with Crippen LogP contribution in [-0.4, -0.2) is 89.5 Å². The van der Waals surface area contributed by atoms with E-state index in [1.54, 1.807) is 6.20 Å². The van der Waals surface area contributed by atoms with E-state index in [0.29, 0.717) is 15.9 Å². The van der Waals surface area contributed by atoms with Gasteiger partial charge in [-0.2, -0.15) is 10.2 Å². The molecule has 1 amide bonds. The quantitative estimate of drug-likeness (QED) is 0.449. The number of hydrazine groups is 1. The number of aromatic nitrogens is 2. The van der Waals surface area contributed by atoms with Crippen LogP contribution in [0.2, 0.25) is 0 Å². The second kappa shape index (κ2) is 13.9. The van der Waals surface area contributed by atoms with Crippen molar-refractivity contribution >= 4 is 27.7 Å². The summed E-state index contributed by atoms with van der Waals surface area (Å²) in [5.74, 6) is 1.28. The monoisotopic (exact) mass is 608 g/mol. The zero-order valence-electron chi connectivity index (χ0n) is 23.6. The highest BCUT2D eigenvalue weighted by atomic mass is 79.9. The topological polar surface area (TPSA) is 91.6 Å². The summed E-state index contributed by atoms with van der Waals surface area (Å²) < 4.78 is 0.654. The van der Waals surface area contributed by atoms with Crippen LogP contribution in [0, 0.1) is 17.2 Å². The molecule has 3 heterocycles. The molecule has 2 aliphatic heterocycles. The van der Waals surface area contributed by atoms with E-state index in [0.717, 1.165) is 69.9 Å². The number of hydrogen-bond donors (Lipinski definition) is 1. The summed E-state index contributed by atoms with van der Waals surface area (Å²) >= 11 is 3.54. The second-order valence-electron chi connectivity index (χ2n) is 11.6. The van der Waals surface area contributed by atoms with Gasteiger partial charge in [-0.05, 0) is 85.4 Å². The van der Waals surface area contributed by atoms with E-state index in [1.165, 1.54) is 38.9 Å². The summed E-state index contributed by atoms with van der Waals surface area (Å²) in [6, 6.07) is 10.1. The molecule has 1 N–H and O–H groups in total. The Morgan fingerprint density at radius 2 is 1.80 bits per heavy atom. The Morgan fingerprint density at radius 1 is 1.07 bits per heavy atom. The number of halogens is 1. The van der Waals surface area contributed by atoms with Gasteiger partial charge < -0.3 is 9.80 Å². The molecule has 9 nitrogen and oxygen atoms in total. The van der Waals surface area contributed by atoms with Gasteiger partial charge in [-0.25, -0.2) is 4.98 Å². The molecular formula is C30H41BrN8O. The van der Waals surface area contributed by atoms with Gasteiger partial charge in [-0.15, -0.1) is 0 Å².